The van der Waals surface area contributed by atoms with Crippen LogP contribution in [0.4, 0.5) is 5.69 Å². The molecule has 9 nitrogen and oxygen atoms in total. The Labute approximate surface area is 235 Å². The van der Waals surface area contributed by atoms with Gasteiger partial charge in [-0.1, -0.05) is 57.0 Å². The summed E-state index contributed by atoms with van der Waals surface area (Å²) in [4.78, 5) is 48.2. The molecule has 0 saturated carbocycles. The van der Waals surface area contributed by atoms with Crippen LogP contribution in [-0.4, -0.2) is 75.2 Å². The second-order valence-corrected chi connectivity index (χ2v) is 11.0. The van der Waals surface area contributed by atoms with Gasteiger partial charge in [-0.15, -0.1) is 0 Å². The molecule has 1 saturated heterocycles. The SMILES string of the molecule is CCCCN(CCCC)CCCN1CC(=O)N2[C@@H](c3cccc([N+](=O)[O-])c3)c3[nH]c4ccccc4c3C[C@H]2C1=O. The molecule has 5 rings (SSSR count). The number of benzene rings is 2. The highest BCUT2D eigenvalue weighted by atomic mass is 16.6. The Morgan fingerprint density at radius 1 is 1.00 bits per heavy atom. The van der Waals surface area contributed by atoms with E-state index < -0.39 is 17.0 Å². The molecular formula is C31H39N5O4. The van der Waals surface area contributed by atoms with E-state index in [0.29, 0.717) is 18.5 Å². The number of carbonyl (C=O) groups is 2. The van der Waals surface area contributed by atoms with Crippen molar-refractivity contribution in [1.29, 1.82) is 0 Å². The Bertz CT molecular complexity index is 1380. The largest absolute Gasteiger partial charge is 0.356 e. The molecule has 0 aliphatic carbocycles. The van der Waals surface area contributed by atoms with Crippen LogP contribution in [-0.2, 0) is 16.0 Å². The summed E-state index contributed by atoms with van der Waals surface area (Å²) < 4.78 is 0. The van der Waals surface area contributed by atoms with Crippen molar-refractivity contribution in [3.05, 3.63) is 75.5 Å². The van der Waals surface area contributed by atoms with Crippen molar-refractivity contribution in [3.8, 4) is 0 Å². The zero-order valence-corrected chi connectivity index (χ0v) is 23.5. The molecule has 2 aliphatic heterocycles. The first-order valence-corrected chi connectivity index (χ1v) is 14.6. The summed E-state index contributed by atoms with van der Waals surface area (Å²) in [6, 6.07) is 13.1. The molecule has 1 fully saturated rings. The monoisotopic (exact) mass is 545 g/mol. The second-order valence-electron chi connectivity index (χ2n) is 11.0. The zero-order valence-electron chi connectivity index (χ0n) is 23.5. The number of H-pyrrole nitrogens is 1. The number of aromatic nitrogens is 1. The van der Waals surface area contributed by atoms with Gasteiger partial charge in [0.05, 0.1) is 17.5 Å². The van der Waals surface area contributed by atoms with Crippen LogP contribution in [0.5, 0.6) is 0 Å². The minimum atomic E-state index is -0.645. The van der Waals surface area contributed by atoms with Crippen LogP contribution in [0.15, 0.2) is 48.5 Å². The normalized spacial score (nSPS) is 18.9. The van der Waals surface area contributed by atoms with Gasteiger partial charge in [0.15, 0.2) is 0 Å². The second kappa shape index (κ2) is 12.2. The van der Waals surface area contributed by atoms with Gasteiger partial charge >= 0.3 is 0 Å². The molecule has 2 aliphatic rings. The lowest BCUT2D eigenvalue weighted by Crippen LogP contribution is -2.63. The van der Waals surface area contributed by atoms with Crippen molar-refractivity contribution in [2.45, 2.75) is 64.5 Å². The standard InChI is InChI=1S/C31H39N5O4/c1-3-5-15-33(16-6-4-2)17-10-18-34-21-28(37)35-27(31(34)38)20-25-24-13-7-8-14-26(24)32-29(25)30(35)22-11-9-12-23(19-22)36(39)40/h7-9,11-14,19,27,30,32H,3-6,10,15-18,20-21H2,1-2H3/t27-,30-/m0/s1. The Kier molecular flexibility index (Phi) is 8.49. The third-order valence-electron chi connectivity index (χ3n) is 8.30. The maximum Gasteiger partial charge on any atom is 0.269 e. The smallest absolute Gasteiger partial charge is 0.269 e. The first kappa shape index (κ1) is 27.8. The molecule has 9 heteroatoms. The molecule has 2 atom stereocenters. The highest BCUT2D eigenvalue weighted by Gasteiger charge is 2.48. The summed E-state index contributed by atoms with van der Waals surface area (Å²) in [5.41, 5.74) is 3.35. The van der Waals surface area contributed by atoms with Crippen LogP contribution in [0.3, 0.4) is 0 Å². The van der Waals surface area contributed by atoms with Gasteiger partial charge < -0.3 is 19.7 Å². The minimum absolute atomic E-state index is 0.0280. The summed E-state index contributed by atoms with van der Waals surface area (Å²) in [5, 5.41) is 12.6. The van der Waals surface area contributed by atoms with Gasteiger partial charge in [0.2, 0.25) is 11.8 Å². The Morgan fingerprint density at radius 2 is 1.73 bits per heavy atom. The number of piperazine rings is 1. The van der Waals surface area contributed by atoms with Crippen molar-refractivity contribution < 1.29 is 14.5 Å². The Hall–Kier alpha value is -3.72. The molecule has 2 aromatic carbocycles. The molecule has 40 heavy (non-hydrogen) atoms. The maximum atomic E-state index is 13.9. The molecule has 0 radical (unpaired) electrons. The first-order chi connectivity index (χ1) is 19.4. The quantitative estimate of drug-likeness (QED) is 0.253. The molecule has 0 unspecified atom stereocenters. The fourth-order valence-electron chi connectivity index (χ4n) is 6.25. The predicted octanol–water partition coefficient (Wildman–Crippen LogP) is 5.05. The zero-order chi connectivity index (χ0) is 28.2. The molecule has 0 bridgehead atoms. The lowest BCUT2D eigenvalue weighted by Gasteiger charge is -2.47. The maximum absolute atomic E-state index is 13.9. The summed E-state index contributed by atoms with van der Waals surface area (Å²) >= 11 is 0. The van der Waals surface area contributed by atoms with Crippen LogP contribution in [0.2, 0.25) is 0 Å². The summed E-state index contributed by atoms with van der Waals surface area (Å²) in [6.45, 7) is 8.02. The molecule has 0 spiro atoms. The van der Waals surface area contributed by atoms with Crippen LogP contribution in [0, 0.1) is 10.1 Å². The number of rotatable bonds is 12. The number of nitro groups is 1. The van der Waals surface area contributed by atoms with Crippen molar-refractivity contribution in [2.24, 2.45) is 0 Å². The number of non-ortho nitro benzene ring substituents is 1. The number of unbranched alkanes of at least 4 members (excludes halogenated alkanes) is 2. The third-order valence-corrected chi connectivity index (χ3v) is 8.30. The number of nitrogens with one attached hydrogen (secondary N) is 1. The summed E-state index contributed by atoms with van der Waals surface area (Å²) in [5.74, 6) is -0.168. The van der Waals surface area contributed by atoms with Gasteiger partial charge in [-0.05, 0) is 56.1 Å². The fourth-order valence-corrected chi connectivity index (χ4v) is 6.25. The fraction of sp³-hybridized carbons (Fsp3) is 0.484. The molecule has 3 aromatic rings. The highest BCUT2D eigenvalue weighted by molar-refractivity contribution is 5.97. The minimum Gasteiger partial charge on any atom is -0.356 e. The number of nitrogens with zero attached hydrogens (tertiary/aromatic N) is 4. The van der Waals surface area contributed by atoms with Crippen molar-refractivity contribution in [1.82, 2.24) is 19.7 Å². The van der Waals surface area contributed by atoms with Crippen LogP contribution < -0.4 is 0 Å². The third kappa shape index (κ3) is 5.47. The van der Waals surface area contributed by atoms with Gasteiger partial charge in [0, 0.05) is 41.7 Å². The number of hydrogen-bond acceptors (Lipinski definition) is 5. The van der Waals surface area contributed by atoms with E-state index in [-0.39, 0.29) is 24.0 Å². The molecule has 3 heterocycles. The number of fused-ring (bicyclic) bond motifs is 4. The van der Waals surface area contributed by atoms with Gasteiger partial charge in [-0.3, -0.25) is 19.7 Å². The summed E-state index contributed by atoms with van der Waals surface area (Å²) in [7, 11) is 0. The number of nitro benzene ring substituents is 1. The number of aromatic amines is 1. The van der Waals surface area contributed by atoms with E-state index >= 15 is 0 Å². The average molecular weight is 546 g/mol. The lowest BCUT2D eigenvalue weighted by atomic mass is 9.86. The van der Waals surface area contributed by atoms with E-state index in [1.807, 2.05) is 24.3 Å². The molecule has 2 amide bonds. The number of hydrogen-bond donors (Lipinski definition) is 1. The van der Waals surface area contributed by atoms with Gasteiger partial charge in [-0.25, -0.2) is 0 Å². The van der Waals surface area contributed by atoms with Crippen LogP contribution in [0.1, 0.15) is 68.8 Å². The van der Waals surface area contributed by atoms with Crippen molar-refractivity contribution >= 4 is 28.4 Å². The van der Waals surface area contributed by atoms with E-state index in [9.17, 15) is 19.7 Å². The van der Waals surface area contributed by atoms with E-state index in [2.05, 4.69) is 23.7 Å². The molecule has 212 valence electrons. The number of para-hydroxylation sites is 1. The van der Waals surface area contributed by atoms with E-state index in [1.54, 1.807) is 21.9 Å². The number of carbonyl (C=O) groups excluding carboxylic acids is 2. The van der Waals surface area contributed by atoms with E-state index in [0.717, 1.165) is 73.9 Å². The number of amides is 2. The van der Waals surface area contributed by atoms with E-state index in [4.69, 9.17) is 0 Å². The first-order valence-electron chi connectivity index (χ1n) is 14.6. The van der Waals surface area contributed by atoms with Crippen LogP contribution >= 0.6 is 0 Å². The van der Waals surface area contributed by atoms with E-state index in [1.165, 1.54) is 12.1 Å². The molecule has 1 N–H and O–H groups in total. The molecular weight excluding hydrogens is 506 g/mol. The van der Waals surface area contributed by atoms with Gasteiger partial charge in [0.1, 0.15) is 6.04 Å². The van der Waals surface area contributed by atoms with Gasteiger partial charge in [-0.2, -0.15) is 0 Å². The van der Waals surface area contributed by atoms with Crippen molar-refractivity contribution in [2.75, 3.05) is 32.7 Å². The molecule has 1 aromatic heterocycles. The van der Waals surface area contributed by atoms with Crippen molar-refractivity contribution in [3.63, 3.8) is 0 Å². The topological polar surface area (TPSA) is 103 Å². The lowest BCUT2D eigenvalue weighted by molar-refractivity contribution is -0.384. The highest BCUT2D eigenvalue weighted by Crippen LogP contribution is 2.43. The Balaban J connectivity index is 1.43. The van der Waals surface area contributed by atoms with Crippen LogP contribution in [0.25, 0.3) is 10.9 Å². The van der Waals surface area contributed by atoms with Gasteiger partial charge in [0.25, 0.3) is 5.69 Å². The average Bonchev–Trinajstić information content (AvgIpc) is 3.34. The summed E-state index contributed by atoms with van der Waals surface area (Å²) in [6.07, 6.45) is 5.88. The Morgan fingerprint density at radius 3 is 2.45 bits per heavy atom. The predicted molar refractivity (Wildman–Crippen MR) is 155 cm³/mol.